The summed E-state index contributed by atoms with van der Waals surface area (Å²) in [7, 11) is 0. The van der Waals surface area contributed by atoms with E-state index in [1.54, 1.807) is 0 Å². The summed E-state index contributed by atoms with van der Waals surface area (Å²) in [6.45, 7) is 1.20. The summed E-state index contributed by atoms with van der Waals surface area (Å²) in [5.41, 5.74) is 0. The highest BCUT2D eigenvalue weighted by Crippen LogP contribution is 1.89. The van der Waals surface area contributed by atoms with Crippen molar-refractivity contribution in [2.24, 2.45) is 0 Å². The Morgan fingerprint density at radius 2 is 1.33 bits per heavy atom. The quantitative estimate of drug-likeness (QED) is 0.381. The van der Waals surface area contributed by atoms with Gasteiger partial charge in [0.1, 0.15) is 6.10 Å². The van der Waals surface area contributed by atoms with E-state index in [4.69, 9.17) is 25.5 Å². The maximum absolute atomic E-state index is 9.72. The van der Waals surface area contributed by atoms with Crippen molar-refractivity contribution in [3.8, 4) is 0 Å². The summed E-state index contributed by atoms with van der Waals surface area (Å²) in [6, 6.07) is 0. The van der Waals surface area contributed by atoms with E-state index in [1.807, 2.05) is 0 Å². The van der Waals surface area contributed by atoms with Gasteiger partial charge in [0.15, 0.2) is 6.10 Å². The summed E-state index contributed by atoms with van der Waals surface area (Å²) in [5.74, 6) is -4.03. The van der Waals surface area contributed by atoms with Crippen LogP contribution in [-0.2, 0) is 14.4 Å². The Bertz CT molecular complexity index is 233. The Balaban J connectivity index is 0. The molecule has 0 rings (SSSR count). The lowest BCUT2D eigenvalue weighted by Gasteiger charge is -1.97. The number of carboxylic acids is 3. The maximum Gasteiger partial charge on any atom is 0.333 e. The Kier molecular flexibility index (Phi) is 8.11. The third-order valence-corrected chi connectivity index (χ3v) is 1.01. The van der Waals surface area contributed by atoms with Crippen LogP contribution in [0.4, 0.5) is 0 Å². The Morgan fingerprint density at radius 3 is 1.40 bits per heavy atom. The van der Waals surface area contributed by atoms with E-state index in [0.717, 1.165) is 0 Å². The Labute approximate surface area is 84.4 Å². The largest absolute Gasteiger partial charge is 0.481 e. The second kappa shape index (κ2) is 7.71. The van der Waals surface area contributed by atoms with E-state index in [0.29, 0.717) is 0 Å². The van der Waals surface area contributed by atoms with Gasteiger partial charge >= 0.3 is 17.9 Å². The van der Waals surface area contributed by atoms with E-state index in [-0.39, 0.29) is 0 Å². The zero-order valence-electron chi connectivity index (χ0n) is 7.82. The van der Waals surface area contributed by atoms with Crippen LogP contribution in [0.1, 0.15) is 13.3 Å². The first-order valence-electron chi connectivity index (χ1n) is 3.72. The number of aliphatic hydroxyl groups excluding tert-OH is 2. The van der Waals surface area contributed by atoms with Gasteiger partial charge in [-0.15, -0.1) is 0 Å². The van der Waals surface area contributed by atoms with Gasteiger partial charge in [0.05, 0.1) is 6.42 Å². The molecule has 0 aliphatic heterocycles. The summed E-state index contributed by atoms with van der Waals surface area (Å²) < 4.78 is 0. The summed E-state index contributed by atoms with van der Waals surface area (Å²) in [4.78, 5) is 28.9. The van der Waals surface area contributed by atoms with Crippen molar-refractivity contribution in [1.82, 2.24) is 0 Å². The van der Waals surface area contributed by atoms with Crippen LogP contribution < -0.4 is 0 Å². The van der Waals surface area contributed by atoms with Crippen LogP contribution in [0.5, 0.6) is 0 Å². The highest BCUT2D eigenvalue weighted by Gasteiger charge is 2.16. The maximum atomic E-state index is 9.72. The molecule has 0 aromatic rings. The standard InChI is InChI=1S/C4H6O5.C3H6O3/c5-2(4(8)9)1-3(6)7;1-2(4)3(5)6/h2,5H,1H2,(H,6,7)(H,8,9);2,4H,1H3,(H,5,6). The molecule has 5 N–H and O–H groups in total. The molecule has 8 heteroatoms. The minimum absolute atomic E-state index is 0.755. The van der Waals surface area contributed by atoms with Crippen molar-refractivity contribution in [2.75, 3.05) is 0 Å². The van der Waals surface area contributed by atoms with Crippen LogP contribution in [0, 0.1) is 0 Å². The van der Waals surface area contributed by atoms with Crippen LogP contribution in [0.3, 0.4) is 0 Å². The first-order valence-corrected chi connectivity index (χ1v) is 3.72. The van der Waals surface area contributed by atoms with Crippen molar-refractivity contribution in [2.45, 2.75) is 25.6 Å². The lowest BCUT2D eigenvalue weighted by molar-refractivity contribution is -0.152. The number of hydrogen-bond acceptors (Lipinski definition) is 5. The van der Waals surface area contributed by atoms with Crippen molar-refractivity contribution in [1.29, 1.82) is 0 Å². The monoisotopic (exact) mass is 224 g/mol. The van der Waals surface area contributed by atoms with Crippen LogP contribution >= 0.6 is 0 Å². The number of rotatable bonds is 4. The molecule has 0 saturated carbocycles. The molecule has 0 heterocycles. The molecule has 0 bridgehead atoms. The first kappa shape index (κ1) is 15.8. The molecule has 8 nitrogen and oxygen atoms in total. The van der Waals surface area contributed by atoms with E-state index in [2.05, 4.69) is 0 Å². The van der Waals surface area contributed by atoms with E-state index in [1.165, 1.54) is 6.92 Å². The van der Waals surface area contributed by atoms with Crippen LogP contribution in [0.25, 0.3) is 0 Å². The molecule has 0 aliphatic rings. The molecule has 2 atom stereocenters. The molecule has 2 unspecified atom stereocenters. The van der Waals surface area contributed by atoms with E-state index < -0.39 is 36.5 Å². The molecule has 0 amide bonds. The zero-order chi connectivity index (χ0) is 12.6. The molecule has 0 saturated heterocycles. The minimum atomic E-state index is -1.79. The fourth-order valence-corrected chi connectivity index (χ4v) is 0.253. The Morgan fingerprint density at radius 1 is 1.00 bits per heavy atom. The van der Waals surface area contributed by atoms with Crippen molar-refractivity contribution >= 4 is 17.9 Å². The second-order valence-corrected chi connectivity index (χ2v) is 2.47. The zero-order valence-corrected chi connectivity index (χ0v) is 7.82. The molecule has 0 spiro atoms. The number of aliphatic carboxylic acids is 3. The molecule has 15 heavy (non-hydrogen) atoms. The topological polar surface area (TPSA) is 152 Å². The molecule has 88 valence electrons. The van der Waals surface area contributed by atoms with Crippen molar-refractivity contribution < 1.29 is 39.9 Å². The van der Waals surface area contributed by atoms with Crippen molar-refractivity contribution in [3.05, 3.63) is 0 Å². The smallest absolute Gasteiger partial charge is 0.333 e. The van der Waals surface area contributed by atoms with Crippen molar-refractivity contribution in [3.63, 3.8) is 0 Å². The molecular formula is C7H12O8. The number of carbonyl (C=O) groups is 3. The number of hydrogen-bond donors (Lipinski definition) is 5. The average molecular weight is 224 g/mol. The van der Waals surface area contributed by atoms with Gasteiger partial charge < -0.3 is 25.5 Å². The minimum Gasteiger partial charge on any atom is -0.481 e. The Hall–Kier alpha value is -1.67. The van der Waals surface area contributed by atoms with Gasteiger partial charge in [-0.2, -0.15) is 0 Å². The predicted molar refractivity (Wildman–Crippen MR) is 45.2 cm³/mol. The van der Waals surface area contributed by atoms with Gasteiger partial charge in [0, 0.05) is 0 Å². The summed E-state index contributed by atoms with van der Waals surface area (Å²) in [5, 5.41) is 39.9. The van der Waals surface area contributed by atoms with Crippen LogP contribution in [-0.4, -0.2) is 55.6 Å². The second-order valence-electron chi connectivity index (χ2n) is 2.47. The van der Waals surface area contributed by atoms with Gasteiger partial charge in [-0.05, 0) is 6.92 Å². The lowest BCUT2D eigenvalue weighted by Crippen LogP contribution is -2.22. The molecule has 0 radical (unpaired) electrons. The fraction of sp³-hybridized carbons (Fsp3) is 0.571. The normalized spacial score (nSPS) is 13.0. The summed E-state index contributed by atoms with van der Waals surface area (Å²) in [6.07, 6.45) is -3.78. The highest BCUT2D eigenvalue weighted by atomic mass is 16.4. The van der Waals surface area contributed by atoms with Crippen LogP contribution in [0.2, 0.25) is 0 Å². The number of carboxylic acid groups (broad SMARTS) is 3. The van der Waals surface area contributed by atoms with Gasteiger partial charge in [-0.25, -0.2) is 9.59 Å². The van der Waals surface area contributed by atoms with Gasteiger partial charge in [0.25, 0.3) is 0 Å². The highest BCUT2D eigenvalue weighted by molar-refractivity contribution is 5.79. The number of aliphatic hydroxyl groups is 2. The molecule has 0 aliphatic carbocycles. The lowest BCUT2D eigenvalue weighted by atomic mass is 10.3. The van der Waals surface area contributed by atoms with Gasteiger partial charge in [-0.3, -0.25) is 4.79 Å². The molecule has 0 fully saturated rings. The fourth-order valence-electron chi connectivity index (χ4n) is 0.253. The van der Waals surface area contributed by atoms with E-state index >= 15 is 0 Å². The third kappa shape index (κ3) is 12.3. The van der Waals surface area contributed by atoms with Gasteiger partial charge in [0.2, 0.25) is 0 Å². The molecule has 0 aromatic heterocycles. The first-order chi connectivity index (χ1) is 6.68. The molecule has 0 aromatic carbocycles. The average Bonchev–Trinajstić information content (AvgIpc) is 2.03. The predicted octanol–water partition coefficient (Wildman–Crippen LogP) is -1.64. The summed E-state index contributed by atoms with van der Waals surface area (Å²) >= 11 is 0. The molecular weight excluding hydrogens is 212 g/mol. The van der Waals surface area contributed by atoms with E-state index in [9.17, 15) is 14.4 Å². The van der Waals surface area contributed by atoms with Gasteiger partial charge in [-0.1, -0.05) is 0 Å². The third-order valence-electron chi connectivity index (χ3n) is 1.01. The van der Waals surface area contributed by atoms with Crippen LogP contribution in [0.15, 0.2) is 0 Å². The SMILES string of the molecule is CC(O)C(=O)O.O=C(O)CC(O)C(=O)O.